The maximum absolute atomic E-state index is 11.9. The van der Waals surface area contributed by atoms with E-state index in [-0.39, 0.29) is 10.3 Å². The molecule has 1 N–H and O–H groups in total. The van der Waals surface area contributed by atoms with Crippen LogP contribution < -0.4 is 0 Å². The van der Waals surface area contributed by atoms with Crippen LogP contribution in [0.5, 0.6) is 0 Å². The van der Waals surface area contributed by atoms with E-state index in [9.17, 15) is 9.90 Å². The van der Waals surface area contributed by atoms with Crippen LogP contribution >= 0.6 is 11.6 Å². The summed E-state index contributed by atoms with van der Waals surface area (Å²) in [5.74, 6) is 5.31. The van der Waals surface area contributed by atoms with Gasteiger partial charge in [-0.25, -0.2) is 0 Å². The average Bonchev–Trinajstić information content (AvgIpc) is 2.78. The van der Waals surface area contributed by atoms with Crippen LogP contribution in [0.4, 0.5) is 0 Å². The minimum absolute atomic E-state index is 0.139. The number of hydrogen-bond donors (Lipinski definition) is 1. The van der Waals surface area contributed by atoms with Crippen LogP contribution in [-0.4, -0.2) is 21.4 Å². The van der Waals surface area contributed by atoms with Crippen molar-refractivity contribution in [1.82, 2.24) is 0 Å². The number of ketones is 1. The minimum Gasteiger partial charge on any atom is -0.377 e. The summed E-state index contributed by atoms with van der Waals surface area (Å²) in [7, 11) is 0. The van der Waals surface area contributed by atoms with E-state index in [0.717, 1.165) is 44.9 Å². The SMILES string of the molecule is C#CC1(O)CC[C@H]2[C@@H]3CCC4(Cl)CC(=O)CC[C@@H]4[C@H]3CC[C@@]21C. The molecule has 0 aliphatic heterocycles. The highest BCUT2D eigenvalue weighted by Gasteiger charge is 2.64. The van der Waals surface area contributed by atoms with E-state index in [2.05, 4.69) is 12.8 Å². The zero-order valence-electron chi connectivity index (χ0n) is 14.0. The maximum atomic E-state index is 11.9. The number of aliphatic hydroxyl groups is 1. The first kappa shape index (κ1) is 16.0. The van der Waals surface area contributed by atoms with Gasteiger partial charge in [0.2, 0.25) is 0 Å². The number of hydrogen-bond acceptors (Lipinski definition) is 2. The topological polar surface area (TPSA) is 37.3 Å². The molecule has 3 heteroatoms. The quantitative estimate of drug-likeness (QED) is 0.538. The molecule has 0 bridgehead atoms. The van der Waals surface area contributed by atoms with Gasteiger partial charge in [-0.1, -0.05) is 12.8 Å². The highest BCUT2D eigenvalue weighted by molar-refractivity contribution is 6.25. The fourth-order valence-electron chi connectivity index (χ4n) is 6.89. The third kappa shape index (κ3) is 2.02. The van der Waals surface area contributed by atoms with Crippen LogP contribution in [0.3, 0.4) is 0 Å². The van der Waals surface area contributed by atoms with E-state index in [1.807, 2.05) is 0 Å². The molecular formula is C20H27ClO2. The van der Waals surface area contributed by atoms with Gasteiger partial charge >= 0.3 is 0 Å². The number of rotatable bonds is 0. The van der Waals surface area contributed by atoms with Crippen molar-refractivity contribution in [3.8, 4) is 12.3 Å². The lowest BCUT2D eigenvalue weighted by Gasteiger charge is -2.58. The van der Waals surface area contributed by atoms with E-state index in [1.165, 1.54) is 0 Å². The van der Waals surface area contributed by atoms with Gasteiger partial charge in [0.15, 0.2) is 0 Å². The molecule has 2 nitrogen and oxygen atoms in total. The fourth-order valence-corrected chi connectivity index (χ4v) is 7.41. The molecule has 0 aromatic carbocycles. The molecular weight excluding hydrogens is 308 g/mol. The lowest BCUT2D eigenvalue weighted by molar-refractivity contribution is -0.128. The predicted molar refractivity (Wildman–Crippen MR) is 91.0 cm³/mol. The number of halogens is 1. The summed E-state index contributed by atoms with van der Waals surface area (Å²) in [6, 6.07) is 0. The summed E-state index contributed by atoms with van der Waals surface area (Å²) in [5, 5.41) is 11.0. The van der Waals surface area contributed by atoms with E-state index >= 15 is 0 Å². The second-order valence-electron chi connectivity index (χ2n) is 8.87. The average molecular weight is 335 g/mol. The molecule has 7 atom stereocenters. The summed E-state index contributed by atoms with van der Waals surface area (Å²) < 4.78 is 0. The third-order valence-electron chi connectivity index (χ3n) is 8.18. The van der Waals surface area contributed by atoms with Crippen molar-refractivity contribution in [2.45, 2.75) is 75.2 Å². The maximum Gasteiger partial charge on any atom is 0.134 e. The Morgan fingerprint density at radius 1 is 1.13 bits per heavy atom. The summed E-state index contributed by atoms with van der Waals surface area (Å²) in [5.41, 5.74) is -1.07. The van der Waals surface area contributed by atoms with Gasteiger partial charge < -0.3 is 5.11 Å². The Morgan fingerprint density at radius 3 is 2.57 bits per heavy atom. The molecule has 4 rings (SSSR count). The highest BCUT2D eigenvalue weighted by Crippen LogP contribution is 2.66. The van der Waals surface area contributed by atoms with Crippen molar-refractivity contribution >= 4 is 17.4 Å². The standard InChI is InChI=1S/C20H27ClO2/c1-3-20(23)11-8-16-14-7-10-19(21)12-13(22)4-5-17(19)15(14)6-9-18(16,20)2/h1,14-17,23H,4-12H2,2H3/t14-,15+,16+,17-,18+,19?,20?/m1/s1. The molecule has 0 saturated heterocycles. The monoisotopic (exact) mass is 334 g/mol. The largest absolute Gasteiger partial charge is 0.377 e. The van der Waals surface area contributed by atoms with Crippen LogP contribution in [0.25, 0.3) is 0 Å². The van der Waals surface area contributed by atoms with Crippen LogP contribution in [0.2, 0.25) is 0 Å². The van der Waals surface area contributed by atoms with Gasteiger partial charge in [-0.05, 0) is 68.6 Å². The van der Waals surface area contributed by atoms with E-state index in [4.69, 9.17) is 18.0 Å². The Balaban J connectivity index is 1.64. The van der Waals surface area contributed by atoms with E-state index in [1.54, 1.807) is 0 Å². The van der Waals surface area contributed by atoms with Crippen LogP contribution in [0.1, 0.15) is 64.7 Å². The molecule has 4 aliphatic rings. The second-order valence-corrected chi connectivity index (χ2v) is 9.62. The van der Waals surface area contributed by atoms with Gasteiger partial charge in [0.1, 0.15) is 11.4 Å². The fraction of sp³-hybridized carbons (Fsp3) is 0.850. The van der Waals surface area contributed by atoms with Crippen molar-refractivity contribution < 1.29 is 9.90 Å². The smallest absolute Gasteiger partial charge is 0.134 e. The number of Topliss-reactive ketones (excluding diaryl/α,β-unsaturated/α-hetero) is 1. The van der Waals surface area contributed by atoms with Crippen molar-refractivity contribution in [3.05, 3.63) is 0 Å². The molecule has 4 saturated carbocycles. The van der Waals surface area contributed by atoms with Crippen molar-refractivity contribution in [2.75, 3.05) is 0 Å². The molecule has 4 fully saturated rings. The van der Waals surface area contributed by atoms with Gasteiger partial charge in [0, 0.05) is 18.3 Å². The van der Waals surface area contributed by atoms with Crippen molar-refractivity contribution in [2.24, 2.45) is 29.1 Å². The number of carbonyl (C=O) groups excluding carboxylic acids is 1. The molecule has 0 radical (unpaired) electrons. The Bertz CT molecular complexity index is 581. The summed E-state index contributed by atoms with van der Waals surface area (Å²) >= 11 is 6.95. The molecule has 2 unspecified atom stereocenters. The lowest BCUT2D eigenvalue weighted by atomic mass is 9.49. The Kier molecular flexibility index (Phi) is 3.47. The molecule has 4 aliphatic carbocycles. The predicted octanol–water partition coefficient (Wildman–Crippen LogP) is 3.93. The van der Waals surface area contributed by atoms with E-state index in [0.29, 0.717) is 42.3 Å². The first-order valence-electron chi connectivity index (χ1n) is 9.24. The Hall–Kier alpha value is -0.520. The summed E-state index contributed by atoms with van der Waals surface area (Å²) in [6.45, 7) is 2.22. The van der Waals surface area contributed by atoms with Gasteiger partial charge in [-0.15, -0.1) is 18.0 Å². The summed E-state index contributed by atoms with van der Waals surface area (Å²) in [4.78, 5) is 11.6. The molecule has 126 valence electrons. The first-order valence-corrected chi connectivity index (χ1v) is 9.62. The Labute approximate surface area is 144 Å². The minimum atomic E-state index is -0.930. The highest BCUT2D eigenvalue weighted by atomic mass is 35.5. The number of fused-ring (bicyclic) bond motifs is 5. The van der Waals surface area contributed by atoms with Gasteiger partial charge in [0.25, 0.3) is 0 Å². The normalized spacial score (nSPS) is 55.5. The van der Waals surface area contributed by atoms with Crippen LogP contribution in [0, 0.1) is 41.4 Å². The number of terminal acetylenes is 1. The third-order valence-corrected chi connectivity index (χ3v) is 8.79. The van der Waals surface area contributed by atoms with Crippen LogP contribution in [-0.2, 0) is 4.79 Å². The molecule has 0 heterocycles. The Morgan fingerprint density at radius 2 is 1.83 bits per heavy atom. The molecule has 0 spiro atoms. The van der Waals surface area contributed by atoms with E-state index < -0.39 is 5.60 Å². The van der Waals surface area contributed by atoms with Gasteiger partial charge in [-0.3, -0.25) is 4.79 Å². The van der Waals surface area contributed by atoms with Gasteiger partial charge in [0.05, 0.1) is 4.87 Å². The number of carbonyl (C=O) groups is 1. The first-order chi connectivity index (χ1) is 10.8. The number of alkyl halides is 1. The molecule has 0 amide bonds. The summed E-state index contributed by atoms with van der Waals surface area (Å²) in [6.07, 6.45) is 13.9. The van der Waals surface area contributed by atoms with Crippen molar-refractivity contribution in [1.29, 1.82) is 0 Å². The zero-order valence-corrected chi connectivity index (χ0v) is 14.7. The van der Waals surface area contributed by atoms with Crippen molar-refractivity contribution in [3.63, 3.8) is 0 Å². The van der Waals surface area contributed by atoms with Gasteiger partial charge in [-0.2, -0.15) is 0 Å². The second kappa shape index (κ2) is 4.99. The lowest BCUT2D eigenvalue weighted by Crippen LogP contribution is -2.56. The molecule has 23 heavy (non-hydrogen) atoms. The van der Waals surface area contributed by atoms with Crippen LogP contribution in [0.15, 0.2) is 0 Å². The zero-order chi connectivity index (χ0) is 16.5. The molecule has 0 aromatic heterocycles. The molecule has 0 aromatic rings.